The Labute approximate surface area is 54.8 Å². The first kappa shape index (κ1) is 10.4. The van der Waals surface area contributed by atoms with Crippen molar-refractivity contribution in [2.24, 2.45) is 0 Å². The van der Waals surface area contributed by atoms with E-state index >= 15 is 0 Å². The van der Waals surface area contributed by atoms with Crippen molar-refractivity contribution in [3.63, 3.8) is 0 Å². The third-order valence-corrected chi connectivity index (χ3v) is 1.35. The molecule has 0 saturated heterocycles. The molecule has 0 saturated carbocycles. The summed E-state index contributed by atoms with van der Waals surface area (Å²) >= 11 is 0. The van der Waals surface area contributed by atoms with Crippen LogP contribution in [0.2, 0.25) is 0 Å². The van der Waals surface area contributed by atoms with Gasteiger partial charge in [0.05, 0.1) is 12.5 Å². The fourth-order valence-electron chi connectivity index (χ4n) is 0.236. The van der Waals surface area contributed by atoms with E-state index < -0.39 is 0 Å². The lowest BCUT2D eigenvalue weighted by atomic mass is 10.8. The fraction of sp³-hybridized carbons (Fsp3) is 0.600. The second-order valence-electron chi connectivity index (χ2n) is 1.44. The van der Waals surface area contributed by atoms with E-state index in [2.05, 4.69) is 19.1 Å². The standard InChI is InChI=1S/C5H11S.ClH/c1-4-5-6(2)3;/h4H,1,5H2,2-3H3;1H/q+1;/p-1. The molecule has 0 nitrogen and oxygen atoms in total. The van der Waals surface area contributed by atoms with Crippen molar-refractivity contribution in [2.75, 3.05) is 18.3 Å². The molecule has 0 unspecified atom stereocenters. The van der Waals surface area contributed by atoms with Crippen molar-refractivity contribution < 1.29 is 12.4 Å². The highest BCUT2D eigenvalue weighted by atomic mass is 35.5. The zero-order valence-corrected chi connectivity index (χ0v) is 6.35. The Morgan fingerprint density at radius 1 is 1.57 bits per heavy atom. The molecular weight excluding hydrogens is 128 g/mol. The summed E-state index contributed by atoms with van der Waals surface area (Å²) in [5, 5.41) is 0. The van der Waals surface area contributed by atoms with E-state index in [-0.39, 0.29) is 12.4 Å². The molecule has 0 spiro atoms. The van der Waals surface area contributed by atoms with Crippen LogP contribution in [0.1, 0.15) is 0 Å². The van der Waals surface area contributed by atoms with E-state index in [4.69, 9.17) is 0 Å². The van der Waals surface area contributed by atoms with Gasteiger partial charge in [0.1, 0.15) is 5.75 Å². The van der Waals surface area contributed by atoms with Crippen molar-refractivity contribution in [1.29, 1.82) is 0 Å². The summed E-state index contributed by atoms with van der Waals surface area (Å²) < 4.78 is 0. The molecule has 0 atom stereocenters. The van der Waals surface area contributed by atoms with Gasteiger partial charge in [0.25, 0.3) is 0 Å². The Hall–Kier alpha value is 0.380. The minimum atomic E-state index is 0. The second kappa shape index (κ2) is 6.38. The van der Waals surface area contributed by atoms with Gasteiger partial charge in [0.2, 0.25) is 0 Å². The van der Waals surface area contributed by atoms with Crippen molar-refractivity contribution in [2.45, 2.75) is 0 Å². The fourth-order valence-corrected chi connectivity index (χ4v) is 0.707. The summed E-state index contributed by atoms with van der Waals surface area (Å²) in [5.41, 5.74) is 0. The maximum atomic E-state index is 3.61. The predicted molar refractivity (Wildman–Crippen MR) is 34.3 cm³/mol. The highest BCUT2D eigenvalue weighted by Crippen LogP contribution is 1.80. The number of hydrogen-bond acceptors (Lipinski definition) is 0. The molecule has 0 aromatic rings. The first-order valence-corrected chi connectivity index (χ1v) is 4.13. The molecule has 0 N–H and O–H groups in total. The van der Waals surface area contributed by atoms with E-state index in [9.17, 15) is 0 Å². The lowest BCUT2D eigenvalue weighted by Gasteiger charge is -1.83. The number of halogens is 1. The summed E-state index contributed by atoms with van der Waals surface area (Å²) in [6.07, 6.45) is 6.38. The molecule has 2 heteroatoms. The first-order valence-electron chi connectivity index (χ1n) is 1.92. The minimum absolute atomic E-state index is 0. The molecule has 0 aliphatic rings. The topological polar surface area (TPSA) is 0 Å². The Morgan fingerprint density at radius 3 is 2.00 bits per heavy atom. The summed E-state index contributed by atoms with van der Waals surface area (Å²) in [7, 11) is 0.566. The van der Waals surface area contributed by atoms with Crippen LogP contribution in [0.25, 0.3) is 0 Å². The van der Waals surface area contributed by atoms with Gasteiger partial charge in [-0.15, -0.1) is 0 Å². The maximum absolute atomic E-state index is 3.61. The molecule has 0 fully saturated rings. The maximum Gasteiger partial charge on any atom is 0.125 e. The Balaban J connectivity index is 0. The van der Waals surface area contributed by atoms with Gasteiger partial charge in [-0.2, -0.15) is 0 Å². The Morgan fingerprint density at radius 2 is 2.00 bits per heavy atom. The van der Waals surface area contributed by atoms with Crippen molar-refractivity contribution in [3.05, 3.63) is 12.7 Å². The van der Waals surface area contributed by atoms with Crippen LogP contribution in [0.4, 0.5) is 0 Å². The van der Waals surface area contributed by atoms with Crippen LogP contribution in [0, 0.1) is 0 Å². The van der Waals surface area contributed by atoms with Crippen molar-refractivity contribution in [3.8, 4) is 0 Å². The third-order valence-electron chi connectivity index (χ3n) is 0.451. The molecule has 0 aromatic carbocycles. The summed E-state index contributed by atoms with van der Waals surface area (Å²) in [6.45, 7) is 3.61. The van der Waals surface area contributed by atoms with Crippen LogP contribution in [0.3, 0.4) is 0 Å². The van der Waals surface area contributed by atoms with E-state index in [0.717, 1.165) is 0 Å². The molecular formula is C5H11ClS. The van der Waals surface area contributed by atoms with Gasteiger partial charge < -0.3 is 12.4 Å². The minimum Gasteiger partial charge on any atom is -1.00 e. The largest absolute Gasteiger partial charge is 1.00 e. The van der Waals surface area contributed by atoms with E-state index in [1.807, 2.05) is 6.08 Å². The normalized spacial score (nSPS) is 7.86. The van der Waals surface area contributed by atoms with Crippen LogP contribution in [0.5, 0.6) is 0 Å². The monoisotopic (exact) mass is 138 g/mol. The average Bonchev–Trinajstić information content (AvgIpc) is 1.35. The molecule has 0 aromatic heterocycles. The molecule has 0 radical (unpaired) electrons. The molecule has 0 aliphatic carbocycles. The SMILES string of the molecule is C=CC[S+](C)C.[Cl-]. The van der Waals surface area contributed by atoms with Crippen molar-refractivity contribution >= 4 is 10.9 Å². The van der Waals surface area contributed by atoms with Crippen molar-refractivity contribution in [1.82, 2.24) is 0 Å². The Bertz CT molecular complexity index is 43.3. The molecule has 7 heavy (non-hydrogen) atoms. The van der Waals surface area contributed by atoms with Gasteiger partial charge in [0.15, 0.2) is 0 Å². The zero-order valence-electron chi connectivity index (χ0n) is 4.78. The van der Waals surface area contributed by atoms with Crippen LogP contribution in [-0.2, 0) is 10.9 Å². The van der Waals surface area contributed by atoms with Gasteiger partial charge in [-0.1, -0.05) is 6.58 Å². The average molecular weight is 139 g/mol. The van der Waals surface area contributed by atoms with Gasteiger partial charge in [-0.05, 0) is 17.0 Å². The molecule has 0 heterocycles. The number of rotatable bonds is 2. The van der Waals surface area contributed by atoms with Gasteiger partial charge in [-0.3, -0.25) is 0 Å². The third kappa shape index (κ3) is 10.7. The van der Waals surface area contributed by atoms with E-state index in [0.29, 0.717) is 10.9 Å². The summed E-state index contributed by atoms with van der Waals surface area (Å²) in [4.78, 5) is 0. The van der Waals surface area contributed by atoms with E-state index in [1.165, 1.54) is 5.75 Å². The van der Waals surface area contributed by atoms with Crippen LogP contribution < -0.4 is 12.4 Å². The van der Waals surface area contributed by atoms with Crippen LogP contribution in [0.15, 0.2) is 12.7 Å². The molecule has 44 valence electrons. The van der Waals surface area contributed by atoms with Crippen LogP contribution >= 0.6 is 0 Å². The highest BCUT2D eigenvalue weighted by molar-refractivity contribution is 7.95. The van der Waals surface area contributed by atoms with Crippen LogP contribution in [-0.4, -0.2) is 18.3 Å². The molecule has 0 amide bonds. The second-order valence-corrected chi connectivity index (χ2v) is 3.75. The summed E-state index contributed by atoms with van der Waals surface area (Å²) in [6, 6.07) is 0. The van der Waals surface area contributed by atoms with Gasteiger partial charge >= 0.3 is 0 Å². The summed E-state index contributed by atoms with van der Waals surface area (Å²) in [5.74, 6) is 1.17. The first-order chi connectivity index (χ1) is 2.77. The quantitative estimate of drug-likeness (QED) is 0.308. The lowest BCUT2D eigenvalue weighted by molar-refractivity contribution is -0.00000144. The van der Waals surface area contributed by atoms with E-state index in [1.54, 1.807) is 0 Å². The Kier molecular flexibility index (Phi) is 9.46. The highest BCUT2D eigenvalue weighted by Gasteiger charge is 1.92. The van der Waals surface area contributed by atoms with Gasteiger partial charge in [0, 0.05) is 0 Å². The number of hydrogen-bond donors (Lipinski definition) is 0. The smallest absolute Gasteiger partial charge is 0.125 e. The van der Waals surface area contributed by atoms with Gasteiger partial charge in [-0.25, -0.2) is 0 Å². The predicted octanol–water partition coefficient (Wildman–Crippen LogP) is -1.95. The molecule has 0 rings (SSSR count). The molecule has 0 aliphatic heterocycles. The lowest BCUT2D eigenvalue weighted by Crippen LogP contribution is -3.00. The molecule has 0 bridgehead atoms. The zero-order chi connectivity index (χ0) is 4.99.